The minimum Gasteiger partial charge on any atom is -0.323 e. The van der Waals surface area contributed by atoms with E-state index in [2.05, 4.69) is 21.2 Å². The lowest BCUT2D eigenvalue weighted by Gasteiger charge is -2.24. The number of hydrogen-bond donors (Lipinski definition) is 1. The second kappa shape index (κ2) is 5.95. The van der Waals surface area contributed by atoms with Crippen LogP contribution in [0.3, 0.4) is 0 Å². The number of nitrogens with zero attached hydrogens (tertiary/aromatic N) is 1. The maximum atomic E-state index is 12.8. The molecule has 5 atom stereocenters. The molecule has 0 aromatic heterocycles. The van der Waals surface area contributed by atoms with Gasteiger partial charge >= 0.3 is 0 Å². The summed E-state index contributed by atoms with van der Waals surface area (Å²) in [6, 6.07) is 4.22. The Morgan fingerprint density at radius 3 is 2.40 bits per heavy atom. The van der Waals surface area contributed by atoms with Crippen molar-refractivity contribution in [2.45, 2.75) is 19.4 Å². The first-order valence-electron chi connectivity index (χ1n) is 8.19. The van der Waals surface area contributed by atoms with Crippen LogP contribution in [0.4, 0.5) is 5.69 Å². The molecule has 2 fully saturated rings. The molecule has 0 unspecified atom stereocenters. The Morgan fingerprint density at radius 2 is 1.84 bits per heavy atom. The highest BCUT2D eigenvalue weighted by molar-refractivity contribution is 9.10. The van der Waals surface area contributed by atoms with Crippen LogP contribution < -0.4 is 5.32 Å². The van der Waals surface area contributed by atoms with Gasteiger partial charge in [0.15, 0.2) is 0 Å². The Balaban J connectivity index is 1.53. The summed E-state index contributed by atoms with van der Waals surface area (Å²) < 4.78 is 0.796. The lowest BCUT2D eigenvalue weighted by molar-refractivity contribution is -0.146. The maximum Gasteiger partial charge on any atom is 0.247 e. The fraction of sp³-hybridized carbons (Fsp3) is 0.389. The van der Waals surface area contributed by atoms with Crippen LogP contribution >= 0.6 is 27.5 Å². The van der Waals surface area contributed by atoms with Crippen molar-refractivity contribution in [3.8, 4) is 0 Å². The van der Waals surface area contributed by atoms with Crippen LogP contribution in [0.25, 0.3) is 0 Å². The fourth-order valence-electron chi connectivity index (χ4n) is 4.25. The molecule has 3 aliphatic rings. The van der Waals surface area contributed by atoms with Gasteiger partial charge in [0, 0.05) is 4.47 Å². The van der Waals surface area contributed by atoms with Crippen molar-refractivity contribution in [2.24, 2.45) is 23.7 Å². The van der Waals surface area contributed by atoms with Gasteiger partial charge in [0.25, 0.3) is 0 Å². The van der Waals surface area contributed by atoms with Gasteiger partial charge in [-0.15, -0.1) is 0 Å². The zero-order valence-corrected chi connectivity index (χ0v) is 15.8. The van der Waals surface area contributed by atoms with Crippen LogP contribution in [0.1, 0.15) is 13.3 Å². The minimum absolute atomic E-state index is 0.132. The van der Waals surface area contributed by atoms with E-state index in [1.54, 1.807) is 25.1 Å². The number of hydrogen-bond acceptors (Lipinski definition) is 3. The molecule has 0 radical (unpaired) electrons. The smallest absolute Gasteiger partial charge is 0.247 e. The SMILES string of the molecule is C[C@H](C(=O)Nc1ccc(Br)cc1Cl)N1C(=O)[C@@H]2[C@@H](C1=O)[C@H]1C=C[C@@H]2C1. The lowest BCUT2D eigenvalue weighted by atomic mass is 9.85. The van der Waals surface area contributed by atoms with Crippen molar-refractivity contribution < 1.29 is 14.4 Å². The van der Waals surface area contributed by atoms with Gasteiger partial charge in [0.1, 0.15) is 6.04 Å². The van der Waals surface area contributed by atoms with Gasteiger partial charge in [-0.2, -0.15) is 0 Å². The van der Waals surface area contributed by atoms with Gasteiger partial charge in [-0.25, -0.2) is 0 Å². The van der Waals surface area contributed by atoms with Crippen molar-refractivity contribution in [1.29, 1.82) is 0 Å². The molecule has 7 heteroatoms. The van der Waals surface area contributed by atoms with Gasteiger partial charge in [0.2, 0.25) is 17.7 Å². The third kappa shape index (κ3) is 2.54. The minimum atomic E-state index is -0.871. The molecule has 1 heterocycles. The molecule has 1 N–H and O–H groups in total. The number of anilines is 1. The number of carbonyl (C=O) groups is 3. The average Bonchev–Trinajstić information content (AvgIpc) is 3.23. The molecule has 130 valence electrons. The van der Waals surface area contributed by atoms with E-state index in [4.69, 9.17) is 11.6 Å². The van der Waals surface area contributed by atoms with Crippen LogP contribution in [0.15, 0.2) is 34.8 Å². The first kappa shape index (κ1) is 16.8. The van der Waals surface area contributed by atoms with E-state index in [9.17, 15) is 14.4 Å². The summed E-state index contributed by atoms with van der Waals surface area (Å²) >= 11 is 9.42. The van der Waals surface area contributed by atoms with E-state index in [0.717, 1.165) is 15.8 Å². The molecule has 3 amide bonds. The Bertz CT molecular complexity index is 795. The molecule has 1 aliphatic heterocycles. The summed E-state index contributed by atoms with van der Waals surface area (Å²) in [4.78, 5) is 39.2. The Labute approximate surface area is 158 Å². The molecule has 4 rings (SSSR count). The number of fused-ring (bicyclic) bond motifs is 5. The normalized spacial score (nSPS) is 30.8. The summed E-state index contributed by atoms with van der Waals surface area (Å²) in [5.41, 5.74) is 0.447. The number of nitrogens with one attached hydrogen (secondary N) is 1. The second-order valence-corrected chi connectivity index (χ2v) is 8.16. The predicted octanol–water partition coefficient (Wildman–Crippen LogP) is 3.24. The molecule has 5 nitrogen and oxygen atoms in total. The van der Waals surface area contributed by atoms with Crippen molar-refractivity contribution in [3.63, 3.8) is 0 Å². The van der Waals surface area contributed by atoms with E-state index >= 15 is 0 Å². The molecule has 1 aromatic carbocycles. The summed E-state index contributed by atoms with van der Waals surface area (Å²) in [5, 5.41) is 3.09. The Hall–Kier alpha value is -1.66. The van der Waals surface area contributed by atoms with Gasteiger partial charge in [-0.3, -0.25) is 19.3 Å². The maximum absolute atomic E-state index is 12.8. The summed E-state index contributed by atoms with van der Waals surface area (Å²) in [6.07, 6.45) is 4.94. The Morgan fingerprint density at radius 1 is 1.24 bits per heavy atom. The second-order valence-electron chi connectivity index (χ2n) is 6.84. The van der Waals surface area contributed by atoms with Gasteiger partial charge in [-0.1, -0.05) is 39.7 Å². The van der Waals surface area contributed by atoms with Crippen molar-refractivity contribution in [1.82, 2.24) is 4.90 Å². The molecule has 25 heavy (non-hydrogen) atoms. The zero-order chi connectivity index (χ0) is 17.9. The third-order valence-corrected chi connectivity index (χ3v) is 6.27. The highest BCUT2D eigenvalue weighted by atomic mass is 79.9. The van der Waals surface area contributed by atoms with Crippen LogP contribution in [-0.2, 0) is 14.4 Å². The highest BCUT2D eigenvalue weighted by Crippen LogP contribution is 2.52. The first-order chi connectivity index (χ1) is 11.9. The molecular formula is C18H16BrClN2O3. The number of halogens is 2. The van der Waals surface area contributed by atoms with Crippen LogP contribution in [-0.4, -0.2) is 28.7 Å². The number of benzene rings is 1. The number of carbonyl (C=O) groups excluding carboxylic acids is 3. The van der Waals surface area contributed by atoms with E-state index in [-0.39, 0.29) is 35.5 Å². The monoisotopic (exact) mass is 422 g/mol. The molecule has 1 saturated heterocycles. The number of allylic oxidation sites excluding steroid dienone is 2. The van der Waals surface area contributed by atoms with Crippen LogP contribution in [0.5, 0.6) is 0 Å². The van der Waals surface area contributed by atoms with Crippen LogP contribution in [0, 0.1) is 23.7 Å². The molecule has 2 bridgehead atoms. The van der Waals surface area contributed by atoms with E-state index in [1.165, 1.54) is 0 Å². The summed E-state index contributed by atoms with van der Waals surface area (Å²) in [7, 11) is 0. The number of imide groups is 1. The zero-order valence-electron chi connectivity index (χ0n) is 13.4. The average molecular weight is 424 g/mol. The lowest BCUT2D eigenvalue weighted by Crippen LogP contribution is -2.46. The third-order valence-electron chi connectivity index (χ3n) is 5.46. The molecule has 1 aromatic rings. The van der Waals surface area contributed by atoms with Crippen molar-refractivity contribution in [3.05, 3.63) is 39.8 Å². The largest absolute Gasteiger partial charge is 0.323 e. The summed E-state index contributed by atoms with van der Waals surface area (Å²) in [5.74, 6) is -1.21. The molecule has 1 saturated carbocycles. The quantitative estimate of drug-likeness (QED) is 0.599. The van der Waals surface area contributed by atoms with Gasteiger partial charge in [0.05, 0.1) is 22.5 Å². The fourth-order valence-corrected chi connectivity index (χ4v) is 4.97. The Kier molecular flexibility index (Phi) is 4.00. The van der Waals surface area contributed by atoms with Crippen molar-refractivity contribution >= 4 is 50.9 Å². The number of amides is 3. The number of rotatable bonds is 3. The standard InChI is InChI=1S/C18H16BrClN2O3/c1-8(16(23)21-13-5-4-11(19)7-12(13)20)22-17(24)14-9-2-3-10(6-9)15(14)18(22)25/h2-5,7-10,14-15H,6H2,1H3,(H,21,23)/t8-,9-,10+,14+,15+/m1/s1. The van der Waals surface area contributed by atoms with Gasteiger partial charge < -0.3 is 5.32 Å². The van der Waals surface area contributed by atoms with E-state index in [1.807, 2.05) is 12.2 Å². The molecular weight excluding hydrogens is 408 g/mol. The highest BCUT2D eigenvalue weighted by Gasteiger charge is 2.60. The first-order valence-corrected chi connectivity index (χ1v) is 9.36. The topological polar surface area (TPSA) is 66.5 Å². The van der Waals surface area contributed by atoms with Crippen molar-refractivity contribution in [2.75, 3.05) is 5.32 Å². The molecule has 0 spiro atoms. The molecule has 2 aliphatic carbocycles. The predicted molar refractivity (Wildman–Crippen MR) is 96.8 cm³/mol. The summed E-state index contributed by atoms with van der Waals surface area (Å²) in [6.45, 7) is 1.58. The van der Waals surface area contributed by atoms with E-state index < -0.39 is 11.9 Å². The van der Waals surface area contributed by atoms with E-state index in [0.29, 0.717) is 10.7 Å². The van der Waals surface area contributed by atoms with Crippen LogP contribution in [0.2, 0.25) is 5.02 Å². The van der Waals surface area contributed by atoms with Gasteiger partial charge in [-0.05, 0) is 43.4 Å². The number of likely N-dealkylation sites (tertiary alicyclic amines) is 1.